The molecule has 0 aliphatic carbocycles. The van der Waals surface area contributed by atoms with Gasteiger partial charge < -0.3 is 20.8 Å². The first-order chi connectivity index (χ1) is 9.52. The third-order valence-electron chi connectivity index (χ3n) is 2.68. The Hall–Kier alpha value is -2.24. The summed E-state index contributed by atoms with van der Waals surface area (Å²) in [5.41, 5.74) is 0.801. The van der Waals surface area contributed by atoms with Crippen molar-refractivity contribution in [3.05, 3.63) is 30.7 Å². The van der Waals surface area contributed by atoms with E-state index in [2.05, 4.69) is 17.6 Å². The van der Waals surface area contributed by atoms with Gasteiger partial charge in [0.2, 0.25) is 11.8 Å². The molecule has 1 radical (unpaired) electrons. The first-order valence-corrected chi connectivity index (χ1v) is 6.36. The van der Waals surface area contributed by atoms with Crippen molar-refractivity contribution in [2.45, 2.75) is 19.3 Å². The Kier molecular flexibility index (Phi) is 6.36. The van der Waals surface area contributed by atoms with E-state index in [0.717, 1.165) is 5.56 Å². The quantitative estimate of drug-likeness (QED) is 0.546. The van der Waals surface area contributed by atoms with Crippen molar-refractivity contribution in [2.75, 3.05) is 13.1 Å². The molecule has 0 aliphatic rings. The number of amides is 2. The largest absolute Gasteiger partial charge is 0.504 e. The number of hydrogen-bond acceptors (Lipinski definition) is 4. The van der Waals surface area contributed by atoms with Gasteiger partial charge in [-0.3, -0.25) is 9.59 Å². The Morgan fingerprint density at radius 2 is 1.70 bits per heavy atom. The van der Waals surface area contributed by atoms with E-state index in [1.165, 1.54) is 12.1 Å². The summed E-state index contributed by atoms with van der Waals surface area (Å²) >= 11 is 0. The van der Waals surface area contributed by atoms with Crippen LogP contribution in [0.1, 0.15) is 18.4 Å². The normalized spacial score (nSPS) is 10.1. The van der Waals surface area contributed by atoms with E-state index in [9.17, 15) is 14.7 Å². The van der Waals surface area contributed by atoms with Crippen molar-refractivity contribution in [1.82, 2.24) is 10.6 Å². The van der Waals surface area contributed by atoms with E-state index >= 15 is 0 Å². The summed E-state index contributed by atoms with van der Waals surface area (Å²) in [6, 6.07) is 4.52. The molecule has 1 aromatic carbocycles. The molecule has 0 unspecified atom stereocenters. The molecule has 0 spiro atoms. The van der Waals surface area contributed by atoms with Crippen molar-refractivity contribution < 1.29 is 19.8 Å². The van der Waals surface area contributed by atoms with E-state index in [4.69, 9.17) is 5.11 Å². The van der Waals surface area contributed by atoms with Crippen molar-refractivity contribution in [2.24, 2.45) is 0 Å². The molecule has 4 N–H and O–H groups in total. The highest BCUT2D eigenvalue weighted by Gasteiger charge is 2.06. The number of carbonyl (C=O) groups excluding carboxylic acids is 2. The average molecular weight is 279 g/mol. The molecule has 1 aromatic rings. The molecule has 109 valence electrons. The standard InChI is InChI=1S/C14H19N2O4/c1-2-15-13(19)5-6-14(20)16-8-7-10-3-4-11(17)12(18)9-10/h3-4,9,17-18H,1-2,5-8H2,(H,15,19)(H,16,20). The Labute approximate surface area is 117 Å². The second-order valence-electron chi connectivity index (χ2n) is 4.27. The Morgan fingerprint density at radius 3 is 2.30 bits per heavy atom. The van der Waals surface area contributed by atoms with Gasteiger partial charge in [0.05, 0.1) is 0 Å². The van der Waals surface area contributed by atoms with Gasteiger partial charge in [0.1, 0.15) is 0 Å². The molecule has 0 aliphatic heterocycles. The molecule has 0 heterocycles. The van der Waals surface area contributed by atoms with Gasteiger partial charge in [0.15, 0.2) is 11.5 Å². The Balaban J connectivity index is 2.24. The number of carbonyl (C=O) groups is 2. The van der Waals surface area contributed by atoms with Gasteiger partial charge in [-0.25, -0.2) is 0 Å². The van der Waals surface area contributed by atoms with Crippen LogP contribution in [0.15, 0.2) is 18.2 Å². The van der Waals surface area contributed by atoms with E-state index < -0.39 is 0 Å². The molecule has 0 aromatic heterocycles. The molecule has 20 heavy (non-hydrogen) atoms. The van der Waals surface area contributed by atoms with Crippen LogP contribution >= 0.6 is 0 Å². The summed E-state index contributed by atoms with van der Waals surface area (Å²) in [4.78, 5) is 22.6. The van der Waals surface area contributed by atoms with Crippen LogP contribution in [0.4, 0.5) is 0 Å². The molecular weight excluding hydrogens is 260 g/mol. The summed E-state index contributed by atoms with van der Waals surface area (Å²) in [6.07, 6.45) is 0.804. The molecule has 1 rings (SSSR count). The topological polar surface area (TPSA) is 98.7 Å². The van der Waals surface area contributed by atoms with Crippen LogP contribution in [0.25, 0.3) is 0 Å². The summed E-state index contributed by atoms with van der Waals surface area (Å²) < 4.78 is 0. The zero-order valence-corrected chi connectivity index (χ0v) is 11.2. The third-order valence-corrected chi connectivity index (χ3v) is 2.68. The van der Waals surface area contributed by atoms with Crippen LogP contribution in [0.5, 0.6) is 11.5 Å². The van der Waals surface area contributed by atoms with Crippen molar-refractivity contribution in [1.29, 1.82) is 0 Å². The maximum atomic E-state index is 11.5. The highest BCUT2D eigenvalue weighted by atomic mass is 16.3. The minimum atomic E-state index is -0.202. The predicted molar refractivity (Wildman–Crippen MR) is 74.1 cm³/mol. The fourth-order valence-electron chi connectivity index (χ4n) is 1.61. The van der Waals surface area contributed by atoms with Crippen molar-refractivity contribution >= 4 is 11.8 Å². The van der Waals surface area contributed by atoms with Crippen LogP contribution in [-0.4, -0.2) is 35.1 Å². The highest BCUT2D eigenvalue weighted by molar-refractivity contribution is 5.83. The molecule has 2 amide bonds. The summed E-state index contributed by atoms with van der Waals surface area (Å²) in [5, 5.41) is 23.7. The van der Waals surface area contributed by atoms with E-state index in [1.54, 1.807) is 6.07 Å². The second kappa shape index (κ2) is 8.04. The van der Waals surface area contributed by atoms with Crippen LogP contribution in [-0.2, 0) is 16.0 Å². The molecule has 0 bridgehead atoms. The number of phenolic OH excluding ortho intramolecular Hbond substituents is 2. The van der Waals surface area contributed by atoms with Crippen molar-refractivity contribution in [3.8, 4) is 11.5 Å². The van der Waals surface area contributed by atoms with Crippen LogP contribution < -0.4 is 10.6 Å². The fraction of sp³-hybridized carbons (Fsp3) is 0.357. The zero-order valence-electron chi connectivity index (χ0n) is 11.2. The van der Waals surface area contributed by atoms with Crippen LogP contribution in [0.3, 0.4) is 0 Å². The summed E-state index contributed by atoms with van der Waals surface area (Å²) in [6.45, 7) is 4.19. The minimum Gasteiger partial charge on any atom is -0.504 e. The molecular formula is C14H19N2O4. The number of nitrogens with one attached hydrogen (secondary N) is 2. The smallest absolute Gasteiger partial charge is 0.220 e. The van der Waals surface area contributed by atoms with E-state index in [-0.39, 0.29) is 36.2 Å². The zero-order chi connectivity index (χ0) is 15.0. The van der Waals surface area contributed by atoms with E-state index in [0.29, 0.717) is 19.5 Å². The molecule has 0 fully saturated rings. The molecule has 6 nitrogen and oxygen atoms in total. The van der Waals surface area contributed by atoms with E-state index in [1.807, 2.05) is 0 Å². The number of phenols is 2. The van der Waals surface area contributed by atoms with Crippen LogP contribution in [0.2, 0.25) is 0 Å². The third kappa shape index (κ3) is 5.60. The fourth-order valence-corrected chi connectivity index (χ4v) is 1.61. The van der Waals surface area contributed by atoms with Gasteiger partial charge in [0.25, 0.3) is 0 Å². The second-order valence-corrected chi connectivity index (χ2v) is 4.27. The first kappa shape index (κ1) is 15.8. The number of rotatable bonds is 7. The molecule has 6 heteroatoms. The summed E-state index contributed by atoms with van der Waals surface area (Å²) in [7, 11) is 0. The maximum absolute atomic E-state index is 11.5. The minimum absolute atomic E-state index is 0.132. The number of hydrogen-bond donors (Lipinski definition) is 4. The lowest BCUT2D eigenvalue weighted by Crippen LogP contribution is -2.28. The Bertz CT molecular complexity index is 474. The maximum Gasteiger partial charge on any atom is 0.220 e. The number of benzene rings is 1. The number of aromatic hydroxyl groups is 2. The SMILES string of the molecule is [CH2]CNC(=O)CCC(=O)NCCc1ccc(O)c(O)c1. The van der Waals surface area contributed by atoms with Gasteiger partial charge in [-0.05, 0) is 31.0 Å². The van der Waals surface area contributed by atoms with Crippen LogP contribution in [0, 0.1) is 6.92 Å². The lowest BCUT2D eigenvalue weighted by Gasteiger charge is -2.06. The van der Waals surface area contributed by atoms with Gasteiger partial charge >= 0.3 is 0 Å². The lowest BCUT2D eigenvalue weighted by molar-refractivity contribution is -0.126. The molecule has 0 saturated carbocycles. The monoisotopic (exact) mass is 279 g/mol. The highest BCUT2D eigenvalue weighted by Crippen LogP contribution is 2.24. The first-order valence-electron chi connectivity index (χ1n) is 6.36. The average Bonchev–Trinajstić information content (AvgIpc) is 2.41. The van der Waals surface area contributed by atoms with Crippen molar-refractivity contribution in [3.63, 3.8) is 0 Å². The molecule has 0 atom stereocenters. The van der Waals surface area contributed by atoms with Gasteiger partial charge in [-0.2, -0.15) is 0 Å². The van der Waals surface area contributed by atoms with Gasteiger partial charge in [0, 0.05) is 25.9 Å². The summed E-state index contributed by atoms with van der Waals surface area (Å²) in [5.74, 6) is -0.751. The lowest BCUT2D eigenvalue weighted by atomic mass is 10.1. The van der Waals surface area contributed by atoms with Gasteiger partial charge in [-0.15, -0.1) is 0 Å². The van der Waals surface area contributed by atoms with Gasteiger partial charge in [-0.1, -0.05) is 6.07 Å². The predicted octanol–water partition coefficient (Wildman–Crippen LogP) is 0.487. The Morgan fingerprint density at radius 1 is 1.05 bits per heavy atom. The molecule has 0 saturated heterocycles.